The van der Waals surface area contributed by atoms with Gasteiger partial charge in [0.05, 0.1) is 0 Å². The topological polar surface area (TPSA) is 58.4 Å². The second-order valence-electron chi connectivity index (χ2n) is 6.68. The molecule has 2 aliphatic carbocycles. The van der Waals surface area contributed by atoms with E-state index in [1.54, 1.807) is 0 Å². The summed E-state index contributed by atoms with van der Waals surface area (Å²) in [7, 11) is 2.18. The quantitative estimate of drug-likeness (QED) is 0.781. The Hall–Kier alpha value is -0.610. The summed E-state index contributed by atoms with van der Waals surface area (Å²) in [6.07, 6.45) is 10.7. The molecule has 0 saturated heterocycles. The van der Waals surface area contributed by atoms with Crippen LogP contribution in [0.2, 0.25) is 0 Å². The molecular formula is C16H31N3O. The molecule has 3 N–H and O–H groups in total. The number of nitrogens with two attached hydrogens (primary N) is 1. The Balaban J connectivity index is 1.59. The molecule has 2 atom stereocenters. The second kappa shape index (κ2) is 7.99. The van der Waals surface area contributed by atoms with E-state index in [1.165, 1.54) is 38.5 Å². The van der Waals surface area contributed by atoms with Gasteiger partial charge in [-0.25, -0.2) is 0 Å². The first kappa shape index (κ1) is 15.8. The molecule has 2 saturated carbocycles. The smallest absolute Gasteiger partial charge is 0.220 e. The average molecular weight is 281 g/mol. The maximum atomic E-state index is 12.0. The summed E-state index contributed by atoms with van der Waals surface area (Å²) in [6, 6.07) is 0.967. The number of rotatable bonds is 6. The maximum Gasteiger partial charge on any atom is 0.220 e. The first-order valence-electron chi connectivity index (χ1n) is 8.39. The third-order valence-corrected chi connectivity index (χ3v) is 5.15. The largest absolute Gasteiger partial charge is 0.355 e. The Morgan fingerprint density at radius 2 is 1.80 bits per heavy atom. The van der Waals surface area contributed by atoms with Crippen LogP contribution in [0, 0.1) is 5.92 Å². The van der Waals surface area contributed by atoms with Crippen molar-refractivity contribution >= 4 is 5.91 Å². The van der Waals surface area contributed by atoms with Crippen molar-refractivity contribution in [3.05, 3.63) is 0 Å². The van der Waals surface area contributed by atoms with E-state index in [1.807, 2.05) is 0 Å². The number of nitrogens with zero attached hydrogens (tertiary/aromatic N) is 1. The van der Waals surface area contributed by atoms with Crippen LogP contribution >= 0.6 is 0 Å². The van der Waals surface area contributed by atoms with E-state index in [2.05, 4.69) is 17.3 Å². The van der Waals surface area contributed by atoms with Crippen LogP contribution in [0.25, 0.3) is 0 Å². The Morgan fingerprint density at radius 1 is 1.15 bits per heavy atom. The number of amides is 1. The summed E-state index contributed by atoms with van der Waals surface area (Å²) < 4.78 is 0. The summed E-state index contributed by atoms with van der Waals surface area (Å²) in [5.41, 5.74) is 6.10. The van der Waals surface area contributed by atoms with Crippen molar-refractivity contribution in [3.63, 3.8) is 0 Å². The van der Waals surface area contributed by atoms with Gasteiger partial charge in [-0.15, -0.1) is 0 Å². The number of hydrogen-bond acceptors (Lipinski definition) is 3. The Bertz CT molecular complexity index is 302. The molecule has 0 aromatic carbocycles. The number of likely N-dealkylation sites (N-methyl/N-ethyl adjacent to an activating group) is 1. The molecule has 0 heterocycles. The molecule has 1 amide bonds. The predicted molar refractivity (Wildman–Crippen MR) is 82.4 cm³/mol. The maximum absolute atomic E-state index is 12.0. The minimum Gasteiger partial charge on any atom is -0.355 e. The zero-order valence-corrected chi connectivity index (χ0v) is 12.9. The lowest BCUT2D eigenvalue weighted by Crippen LogP contribution is -2.40. The standard InChI is InChI=1S/C16H31N3O/c1-19(14-7-3-4-8-14)11-10-18-16(20)12-13-6-2-5-9-15(13)17/h13-15H,2-12,17H2,1H3,(H,18,20). The van der Waals surface area contributed by atoms with Crippen LogP contribution in [0.4, 0.5) is 0 Å². The lowest BCUT2D eigenvalue weighted by Gasteiger charge is -2.28. The molecule has 2 unspecified atom stereocenters. The highest BCUT2D eigenvalue weighted by atomic mass is 16.1. The first-order chi connectivity index (χ1) is 9.66. The fourth-order valence-corrected chi connectivity index (χ4v) is 3.70. The van der Waals surface area contributed by atoms with Crippen LogP contribution in [0.5, 0.6) is 0 Å². The Kier molecular flexibility index (Phi) is 6.30. The molecule has 0 aliphatic heterocycles. The van der Waals surface area contributed by atoms with E-state index in [9.17, 15) is 4.79 Å². The van der Waals surface area contributed by atoms with Gasteiger partial charge in [0.15, 0.2) is 0 Å². The average Bonchev–Trinajstić information content (AvgIpc) is 2.95. The van der Waals surface area contributed by atoms with E-state index >= 15 is 0 Å². The third kappa shape index (κ3) is 4.74. The molecule has 2 fully saturated rings. The van der Waals surface area contributed by atoms with Crippen LogP contribution in [-0.4, -0.2) is 43.0 Å². The van der Waals surface area contributed by atoms with Crippen LogP contribution in [0.1, 0.15) is 57.8 Å². The number of carbonyl (C=O) groups is 1. The lowest BCUT2D eigenvalue weighted by molar-refractivity contribution is -0.122. The van der Waals surface area contributed by atoms with Gasteiger partial charge in [-0.3, -0.25) is 4.79 Å². The van der Waals surface area contributed by atoms with Gasteiger partial charge < -0.3 is 16.0 Å². The third-order valence-electron chi connectivity index (χ3n) is 5.15. The van der Waals surface area contributed by atoms with Crippen molar-refractivity contribution in [1.82, 2.24) is 10.2 Å². The molecule has 116 valence electrons. The summed E-state index contributed by atoms with van der Waals surface area (Å²) in [5.74, 6) is 0.587. The second-order valence-corrected chi connectivity index (χ2v) is 6.68. The summed E-state index contributed by atoms with van der Waals surface area (Å²) in [6.45, 7) is 1.74. The van der Waals surface area contributed by atoms with E-state index < -0.39 is 0 Å². The minimum absolute atomic E-state index is 0.187. The highest BCUT2D eigenvalue weighted by Crippen LogP contribution is 2.25. The van der Waals surface area contributed by atoms with Crippen molar-refractivity contribution in [2.24, 2.45) is 11.7 Å². The number of carbonyl (C=O) groups excluding carboxylic acids is 1. The highest BCUT2D eigenvalue weighted by Gasteiger charge is 2.24. The van der Waals surface area contributed by atoms with Gasteiger partial charge in [0, 0.05) is 31.6 Å². The van der Waals surface area contributed by atoms with Crippen LogP contribution in [0.3, 0.4) is 0 Å². The van der Waals surface area contributed by atoms with E-state index in [0.29, 0.717) is 12.3 Å². The van der Waals surface area contributed by atoms with Crippen LogP contribution < -0.4 is 11.1 Å². The summed E-state index contributed by atoms with van der Waals surface area (Å²) in [5, 5.41) is 3.07. The summed E-state index contributed by atoms with van der Waals surface area (Å²) in [4.78, 5) is 14.4. The summed E-state index contributed by atoms with van der Waals surface area (Å²) >= 11 is 0. The van der Waals surface area contributed by atoms with E-state index in [-0.39, 0.29) is 11.9 Å². The van der Waals surface area contributed by atoms with Gasteiger partial charge in [0.1, 0.15) is 0 Å². The highest BCUT2D eigenvalue weighted by molar-refractivity contribution is 5.76. The molecule has 2 rings (SSSR count). The number of hydrogen-bond donors (Lipinski definition) is 2. The van der Waals surface area contributed by atoms with Crippen molar-refractivity contribution in [2.45, 2.75) is 69.9 Å². The molecule has 20 heavy (non-hydrogen) atoms. The monoisotopic (exact) mass is 281 g/mol. The van der Waals surface area contributed by atoms with Gasteiger partial charge >= 0.3 is 0 Å². The molecular weight excluding hydrogens is 250 g/mol. The molecule has 4 heteroatoms. The van der Waals surface area contributed by atoms with Crippen LogP contribution in [-0.2, 0) is 4.79 Å². The Morgan fingerprint density at radius 3 is 2.50 bits per heavy atom. The van der Waals surface area contributed by atoms with Crippen molar-refractivity contribution in [2.75, 3.05) is 20.1 Å². The fraction of sp³-hybridized carbons (Fsp3) is 0.938. The predicted octanol–water partition coefficient (Wildman–Crippen LogP) is 1.88. The zero-order valence-electron chi connectivity index (χ0n) is 12.9. The SMILES string of the molecule is CN(CCNC(=O)CC1CCCCC1N)C1CCCC1. The molecule has 0 spiro atoms. The molecule has 0 aromatic rings. The first-order valence-corrected chi connectivity index (χ1v) is 8.39. The minimum atomic E-state index is 0.187. The van der Waals surface area contributed by atoms with Gasteiger partial charge in [-0.05, 0) is 38.6 Å². The molecule has 2 aliphatic rings. The number of nitrogens with one attached hydrogen (secondary N) is 1. The normalized spacial score (nSPS) is 27.9. The lowest BCUT2D eigenvalue weighted by atomic mass is 9.83. The van der Waals surface area contributed by atoms with E-state index in [4.69, 9.17) is 5.73 Å². The molecule has 0 bridgehead atoms. The molecule has 0 radical (unpaired) electrons. The van der Waals surface area contributed by atoms with Gasteiger partial charge in [-0.2, -0.15) is 0 Å². The zero-order chi connectivity index (χ0) is 14.4. The van der Waals surface area contributed by atoms with Crippen molar-refractivity contribution in [1.29, 1.82) is 0 Å². The van der Waals surface area contributed by atoms with Crippen molar-refractivity contribution < 1.29 is 4.79 Å². The molecule has 0 aromatic heterocycles. The van der Waals surface area contributed by atoms with Crippen LogP contribution in [0.15, 0.2) is 0 Å². The fourth-order valence-electron chi connectivity index (χ4n) is 3.70. The van der Waals surface area contributed by atoms with Gasteiger partial charge in [0.25, 0.3) is 0 Å². The molecule has 4 nitrogen and oxygen atoms in total. The van der Waals surface area contributed by atoms with Gasteiger partial charge in [-0.1, -0.05) is 25.7 Å². The van der Waals surface area contributed by atoms with Crippen molar-refractivity contribution in [3.8, 4) is 0 Å². The van der Waals surface area contributed by atoms with Gasteiger partial charge in [0.2, 0.25) is 5.91 Å². The Labute approximate surface area is 123 Å². The van der Waals surface area contributed by atoms with E-state index in [0.717, 1.165) is 32.0 Å².